The van der Waals surface area contributed by atoms with Gasteiger partial charge in [0.2, 0.25) is 0 Å². The third kappa shape index (κ3) is 5.07. The molecule has 0 bridgehead atoms. The first kappa shape index (κ1) is 25.3. The van der Waals surface area contributed by atoms with Gasteiger partial charge in [-0.3, -0.25) is 24.3 Å². The van der Waals surface area contributed by atoms with Crippen LogP contribution in [0.4, 0.5) is 11.5 Å². The number of carbonyl (C=O) groups is 3. The van der Waals surface area contributed by atoms with Crippen LogP contribution in [-0.2, 0) is 9.53 Å². The highest BCUT2D eigenvalue weighted by atomic mass is 16.5. The minimum Gasteiger partial charge on any atom is -0.476 e. The fourth-order valence-corrected chi connectivity index (χ4v) is 5.03. The number of aromatic nitrogens is 2. The van der Waals surface area contributed by atoms with Gasteiger partial charge in [0.25, 0.3) is 17.7 Å². The summed E-state index contributed by atoms with van der Waals surface area (Å²) in [4.78, 5) is 51.1. The number of carbonyl (C=O) groups excluding carboxylic acids is 3. The molecule has 1 aliphatic carbocycles. The van der Waals surface area contributed by atoms with Gasteiger partial charge in [0, 0.05) is 43.8 Å². The molecule has 3 N–H and O–H groups in total. The van der Waals surface area contributed by atoms with E-state index in [9.17, 15) is 14.4 Å². The van der Waals surface area contributed by atoms with Gasteiger partial charge in [-0.25, -0.2) is 0 Å². The van der Waals surface area contributed by atoms with Gasteiger partial charge in [-0.2, -0.15) is 0 Å². The lowest BCUT2D eigenvalue weighted by molar-refractivity contribution is -0.132. The zero-order valence-corrected chi connectivity index (χ0v) is 22.1. The van der Waals surface area contributed by atoms with E-state index in [0.717, 1.165) is 25.9 Å². The Bertz CT molecular complexity index is 1430. The fraction of sp³-hybridized carbons (Fsp3) is 0.429. The molecule has 3 aromatic rings. The van der Waals surface area contributed by atoms with E-state index in [0.29, 0.717) is 54.2 Å². The number of nitrogens with zero attached hydrogens (tertiary/aromatic N) is 3. The van der Waals surface area contributed by atoms with E-state index < -0.39 is 11.5 Å². The van der Waals surface area contributed by atoms with Crippen molar-refractivity contribution < 1.29 is 23.9 Å². The number of nitrogens with one attached hydrogen (secondary N) is 3. The van der Waals surface area contributed by atoms with Crippen LogP contribution in [0.3, 0.4) is 0 Å². The molecule has 0 atom stereocenters. The molecule has 39 heavy (non-hydrogen) atoms. The lowest BCUT2D eigenvalue weighted by atomic mass is 10.0. The van der Waals surface area contributed by atoms with Crippen molar-refractivity contribution in [2.45, 2.75) is 38.3 Å². The number of aromatic amines is 1. The Hall–Kier alpha value is -3.96. The molecule has 2 aromatic heterocycles. The van der Waals surface area contributed by atoms with Crippen molar-refractivity contribution in [3.8, 4) is 5.75 Å². The molecule has 6 rings (SSSR count). The Morgan fingerprint density at radius 3 is 2.64 bits per heavy atom. The first-order valence-electron chi connectivity index (χ1n) is 13.3. The smallest absolute Gasteiger partial charge is 0.275 e. The van der Waals surface area contributed by atoms with Gasteiger partial charge in [0.15, 0.2) is 5.60 Å². The lowest BCUT2D eigenvalue weighted by Crippen LogP contribution is -2.54. The van der Waals surface area contributed by atoms with Crippen LogP contribution in [0.1, 0.15) is 47.5 Å². The topological polar surface area (TPSA) is 129 Å². The minimum atomic E-state index is -1.07. The fourth-order valence-electron chi connectivity index (χ4n) is 5.03. The van der Waals surface area contributed by atoms with E-state index in [1.807, 2.05) is 6.07 Å². The van der Waals surface area contributed by atoms with Crippen LogP contribution in [0.5, 0.6) is 5.75 Å². The highest BCUT2D eigenvalue weighted by molar-refractivity contribution is 6.16. The molecule has 0 spiro atoms. The summed E-state index contributed by atoms with van der Waals surface area (Å²) in [5.41, 5.74) is 0.710. The molecule has 204 valence electrons. The van der Waals surface area contributed by atoms with Crippen LogP contribution < -0.4 is 20.3 Å². The average Bonchev–Trinajstić information content (AvgIpc) is 3.67. The van der Waals surface area contributed by atoms with Gasteiger partial charge < -0.3 is 30.0 Å². The van der Waals surface area contributed by atoms with Gasteiger partial charge in [0.05, 0.1) is 30.0 Å². The maximum atomic E-state index is 13.4. The maximum absolute atomic E-state index is 13.4. The number of fused-ring (bicyclic) bond motifs is 2. The number of hydrogen-bond donors (Lipinski definition) is 3. The van der Waals surface area contributed by atoms with Crippen LogP contribution in [0, 0.1) is 0 Å². The van der Waals surface area contributed by atoms with E-state index in [1.54, 1.807) is 43.0 Å². The number of benzene rings is 1. The van der Waals surface area contributed by atoms with Crippen molar-refractivity contribution >= 4 is 40.1 Å². The first-order chi connectivity index (χ1) is 18.8. The average molecular weight is 533 g/mol. The molecule has 0 unspecified atom stereocenters. The van der Waals surface area contributed by atoms with Crippen molar-refractivity contribution in [1.82, 2.24) is 20.2 Å². The molecular weight excluding hydrogens is 500 g/mol. The normalized spacial score (nSPS) is 18.9. The highest BCUT2D eigenvalue weighted by Crippen LogP contribution is 2.42. The second-order valence-corrected chi connectivity index (χ2v) is 10.7. The maximum Gasteiger partial charge on any atom is 0.275 e. The molecule has 1 saturated heterocycles. The second-order valence-electron chi connectivity index (χ2n) is 10.7. The van der Waals surface area contributed by atoms with Crippen molar-refractivity contribution in [2.75, 3.05) is 49.6 Å². The summed E-state index contributed by atoms with van der Waals surface area (Å²) in [6, 6.07) is 8.80. The zero-order chi connectivity index (χ0) is 27.1. The molecular formula is C28H32N6O5. The Labute approximate surface area is 225 Å². The number of rotatable bonds is 7. The van der Waals surface area contributed by atoms with Gasteiger partial charge >= 0.3 is 0 Å². The van der Waals surface area contributed by atoms with Gasteiger partial charge in [-0.1, -0.05) is 6.07 Å². The van der Waals surface area contributed by atoms with Crippen molar-refractivity contribution in [1.29, 1.82) is 0 Å². The second kappa shape index (κ2) is 9.97. The van der Waals surface area contributed by atoms with Crippen molar-refractivity contribution in [3.05, 3.63) is 47.8 Å². The summed E-state index contributed by atoms with van der Waals surface area (Å²) in [5, 5.41) is 6.45. The number of hydrogen-bond acceptors (Lipinski definition) is 7. The summed E-state index contributed by atoms with van der Waals surface area (Å²) in [6.07, 6.45) is 3.39. The van der Waals surface area contributed by atoms with Crippen LogP contribution in [0.15, 0.2) is 36.5 Å². The molecule has 1 aromatic carbocycles. The number of H-pyrrole nitrogens is 1. The Morgan fingerprint density at radius 1 is 1.13 bits per heavy atom. The van der Waals surface area contributed by atoms with E-state index in [4.69, 9.17) is 9.47 Å². The minimum absolute atomic E-state index is 0.128. The predicted octanol–water partition coefficient (Wildman–Crippen LogP) is 2.54. The Balaban J connectivity index is 1.39. The molecule has 4 heterocycles. The van der Waals surface area contributed by atoms with Crippen LogP contribution >= 0.6 is 0 Å². The number of amides is 3. The largest absolute Gasteiger partial charge is 0.476 e. The van der Waals surface area contributed by atoms with E-state index in [1.165, 1.54) is 6.20 Å². The van der Waals surface area contributed by atoms with Gasteiger partial charge in [0.1, 0.15) is 17.3 Å². The number of morpholine rings is 1. The van der Waals surface area contributed by atoms with Crippen molar-refractivity contribution in [3.63, 3.8) is 0 Å². The van der Waals surface area contributed by atoms with Crippen LogP contribution in [0.2, 0.25) is 0 Å². The summed E-state index contributed by atoms with van der Waals surface area (Å²) in [7, 11) is 0. The lowest BCUT2D eigenvalue weighted by Gasteiger charge is -2.40. The number of pyridine rings is 1. The van der Waals surface area contributed by atoms with E-state index in [-0.39, 0.29) is 29.4 Å². The van der Waals surface area contributed by atoms with Crippen LogP contribution in [0.25, 0.3) is 10.9 Å². The summed E-state index contributed by atoms with van der Waals surface area (Å²) >= 11 is 0. The van der Waals surface area contributed by atoms with Crippen molar-refractivity contribution in [2.24, 2.45) is 0 Å². The SMILES string of the molecule is CC1(C)Oc2cc3c(C(=O)NC4CC4)c(NC(=O)c4ccccn4)[nH]c3cc2N(CCN2CCOCC2)C1=O. The van der Waals surface area contributed by atoms with E-state index >= 15 is 0 Å². The molecule has 1 saturated carbocycles. The van der Waals surface area contributed by atoms with Gasteiger partial charge in [-0.15, -0.1) is 0 Å². The predicted molar refractivity (Wildman–Crippen MR) is 145 cm³/mol. The summed E-state index contributed by atoms with van der Waals surface area (Å²) < 4.78 is 11.6. The number of anilines is 2. The molecule has 11 nitrogen and oxygen atoms in total. The van der Waals surface area contributed by atoms with E-state index in [2.05, 4.69) is 25.5 Å². The third-order valence-corrected chi connectivity index (χ3v) is 7.31. The summed E-state index contributed by atoms with van der Waals surface area (Å²) in [6.45, 7) is 7.70. The third-order valence-electron chi connectivity index (χ3n) is 7.31. The zero-order valence-electron chi connectivity index (χ0n) is 22.1. The molecule has 0 radical (unpaired) electrons. The summed E-state index contributed by atoms with van der Waals surface area (Å²) in [5.74, 6) is -0.0743. The Morgan fingerprint density at radius 2 is 1.92 bits per heavy atom. The Kier molecular flexibility index (Phi) is 6.48. The number of ether oxygens (including phenoxy) is 2. The molecule has 2 fully saturated rings. The standard InChI is InChI=1S/C28H32N6O5/c1-28(2)27(37)34(10-9-33-11-13-38-14-12-33)21-16-20-18(15-22(21)39-28)23(26(36)30-17-6-7-17)24(31-20)32-25(35)19-5-3-4-8-29-19/h3-5,8,15-17,31H,6-7,9-14H2,1-2H3,(H,30,36)(H,32,35). The van der Waals surface area contributed by atoms with Gasteiger partial charge in [-0.05, 0) is 51.0 Å². The monoisotopic (exact) mass is 532 g/mol. The quantitative estimate of drug-likeness (QED) is 0.427. The molecule has 3 aliphatic rings. The first-order valence-corrected chi connectivity index (χ1v) is 13.3. The molecule has 11 heteroatoms. The van der Waals surface area contributed by atoms with Crippen LogP contribution in [-0.4, -0.2) is 83.6 Å². The molecule has 3 amide bonds. The highest BCUT2D eigenvalue weighted by Gasteiger charge is 2.41. The molecule has 2 aliphatic heterocycles.